The Morgan fingerprint density at radius 3 is 2.25 bits per heavy atom. The summed E-state index contributed by atoms with van der Waals surface area (Å²) < 4.78 is 1.99. The van der Waals surface area contributed by atoms with E-state index in [9.17, 15) is 9.59 Å². The number of anilines is 1. The number of carbonyl (C=O) groups excluding carboxylic acids is 2. The van der Waals surface area contributed by atoms with Gasteiger partial charge < -0.3 is 9.88 Å². The number of amides is 1. The molecule has 6 nitrogen and oxygen atoms in total. The SMILES string of the molecule is CCC(C(=O)Nc1ccc(C(C)=O)cc1)n1c2ccccc2c2nc3ccccc3nc21. The van der Waals surface area contributed by atoms with Crippen molar-refractivity contribution in [3.8, 4) is 0 Å². The summed E-state index contributed by atoms with van der Waals surface area (Å²) in [4.78, 5) is 34.6. The molecular formula is C26H22N4O2. The first-order chi connectivity index (χ1) is 15.6. The molecule has 0 spiro atoms. The number of para-hydroxylation sites is 3. The molecule has 0 aliphatic rings. The van der Waals surface area contributed by atoms with E-state index in [-0.39, 0.29) is 11.7 Å². The van der Waals surface area contributed by atoms with Gasteiger partial charge in [-0.2, -0.15) is 0 Å². The molecule has 0 radical (unpaired) electrons. The predicted octanol–water partition coefficient (Wildman–Crippen LogP) is 5.53. The zero-order chi connectivity index (χ0) is 22.2. The highest BCUT2D eigenvalue weighted by Gasteiger charge is 2.25. The van der Waals surface area contributed by atoms with Gasteiger partial charge in [-0.1, -0.05) is 37.3 Å². The second kappa shape index (κ2) is 7.89. The lowest BCUT2D eigenvalue weighted by molar-refractivity contribution is -0.119. The van der Waals surface area contributed by atoms with Gasteiger partial charge in [0.25, 0.3) is 0 Å². The quantitative estimate of drug-likeness (QED) is 0.378. The van der Waals surface area contributed by atoms with Crippen molar-refractivity contribution in [3.05, 3.63) is 78.4 Å². The second-order valence-electron chi connectivity index (χ2n) is 7.82. The highest BCUT2D eigenvalue weighted by molar-refractivity contribution is 6.08. The number of benzene rings is 3. The summed E-state index contributed by atoms with van der Waals surface area (Å²) in [5, 5.41) is 3.96. The van der Waals surface area contributed by atoms with Gasteiger partial charge in [0.2, 0.25) is 5.91 Å². The van der Waals surface area contributed by atoms with Crippen molar-refractivity contribution >= 4 is 50.5 Å². The number of nitrogens with one attached hydrogen (secondary N) is 1. The van der Waals surface area contributed by atoms with Crippen LogP contribution in [0.1, 0.15) is 36.7 Å². The van der Waals surface area contributed by atoms with Crippen LogP contribution in [0.5, 0.6) is 0 Å². The van der Waals surface area contributed by atoms with Crippen LogP contribution in [0, 0.1) is 0 Å². The van der Waals surface area contributed by atoms with E-state index in [1.54, 1.807) is 24.3 Å². The molecule has 2 heterocycles. The lowest BCUT2D eigenvalue weighted by Crippen LogP contribution is -2.25. The van der Waals surface area contributed by atoms with Gasteiger partial charge in [-0.25, -0.2) is 9.97 Å². The number of rotatable bonds is 5. The maximum absolute atomic E-state index is 13.4. The molecule has 2 aromatic heterocycles. The van der Waals surface area contributed by atoms with Gasteiger partial charge in [0.1, 0.15) is 11.6 Å². The molecule has 3 aromatic carbocycles. The number of hydrogen-bond donors (Lipinski definition) is 1. The van der Waals surface area contributed by atoms with Gasteiger partial charge in [-0.05, 0) is 55.8 Å². The minimum absolute atomic E-state index is 0.00890. The van der Waals surface area contributed by atoms with Crippen LogP contribution in [0.3, 0.4) is 0 Å². The van der Waals surface area contributed by atoms with E-state index in [1.807, 2.05) is 60.0 Å². The molecule has 0 aliphatic carbocycles. The molecule has 0 bridgehead atoms. The molecule has 0 aliphatic heterocycles. The van der Waals surface area contributed by atoms with Crippen molar-refractivity contribution in [2.75, 3.05) is 5.32 Å². The molecule has 158 valence electrons. The Morgan fingerprint density at radius 1 is 0.906 bits per heavy atom. The molecule has 1 atom stereocenters. The van der Waals surface area contributed by atoms with Crippen LogP contribution in [0.15, 0.2) is 72.8 Å². The van der Waals surface area contributed by atoms with Crippen LogP contribution in [-0.2, 0) is 4.79 Å². The summed E-state index contributed by atoms with van der Waals surface area (Å²) in [6, 6.07) is 22.2. The summed E-state index contributed by atoms with van der Waals surface area (Å²) >= 11 is 0. The Kier molecular flexibility index (Phi) is 4.90. The zero-order valence-electron chi connectivity index (χ0n) is 17.9. The van der Waals surface area contributed by atoms with Crippen molar-refractivity contribution in [1.82, 2.24) is 14.5 Å². The number of carbonyl (C=O) groups is 2. The summed E-state index contributed by atoms with van der Waals surface area (Å²) in [7, 11) is 0. The fourth-order valence-corrected chi connectivity index (χ4v) is 4.15. The molecule has 5 aromatic rings. The predicted molar refractivity (Wildman–Crippen MR) is 127 cm³/mol. The average molecular weight is 422 g/mol. The van der Waals surface area contributed by atoms with E-state index in [1.165, 1.54) is 6.92 Å². The van der Waals surface area contributed by atoms with Gasteiger partial charge in [-0.15, -0.1) is 0 Å². The van der Waals surface area contributed by atoms with Crippen molar-refractivity contribution in [2.45, 2.75) is 26.3 Å². The number of fused-ring (bicyclic) bond motifs is 4. The van der Waals surface area contributed by atoms with Gasteiger partial charge in [0, 0.05) is 16.6 Å². The van der Waals surface area contributed by atoms with E-state index in [0.717, 1.165) is 27.5 Å². The molecule has 5 rings (SSSR count). The maximum Gasteiger partial charge on any atom is 0.247 e. The number of hydrogen-bond acceptors (Lipinski definition) is 4. The molecule has 6 heteroatoms. The van der Waals surface area contributed by atoms with Gasteiger partial charge in [0.15, 0.2) is 11.4 Å². The third kappa shape index (κ3) is 3.30. The Morgan fingerprint density at radius 2 is 1.56 bits per heavy atom. The molecule has 1 amide bonds. The number of nitrogens with zero attached hydrogens (tertiary/aromatic N) is 3. The van der Waals surface area contributed by atoms with E-state index in [0.29, 0.717) is 23.3 Å². The molecule has 32 heavy (non-hydrogen) atoms. The second-order valence-corrected chi connectivity index (χ2v) is 7.82. The van der Waals surface area contributed by atoms with Gasteiger partial charge >= 0.3 is 0 Å². The molecule has 0 fully saturated rings. The summed E-state index contributed by atoms with van der Waals surface area (Å²) in [6.07, 6.45) is 0.583. The van der Waals surface area contributed by atoms with E-state index in [2.05, 4.69) is 5.32 Å². The minimum atomic E-state index is -0.472. The van der Waals surface area contributed by atoms with Crippen LogP contribution >= 0.6 is 0 Å². The lowest BCUT2D eigenvalue weighted by atomic mass is 10.1. The molecule has 1 unspecified atom stereocenters. The number of aromatic nitrogens is 3. The van der Waals surface area contributed by atoms with Crippen molar-refractivity contribution in [3.63, 3.8) is 0 Å². The van der Waals surface area contributed by atoms with Crippen molar-refractivity contribution < 1.29 is 9.59 Å². The average Bonchev–Trinajstić information content (AvgIpc) is 3.12. The van der Waals surface area contributed by atoms with Gasteiger partial charge in [-0.3, -0.25) is 9.59 Å². The topological polar surface area (TPSA) is 76.9 Å². The van der Waals surface area contributed by atoms with Crippen LogP contribution in [0.25, 0.3) is 33.1 Å². The highest BCUT2D eigenvalue weighted by Crippen LogP contribution is 2.32. The molecule has 0 saturated heterocycles. The van der Waals surface area contributed by atoms with Crippen molar-refractivity contribution in [2.24, 2.45) is 0 Å². The summed E-state index contributed by atoms with van der Waals surface area (Å²) in [6.45, 7) is 3.51. The third-order valence-electron chi connectivity index (χ3n) is 5.76. The summed E-state index contributed by atoms with van der Waals surface area (Å²) in [5.41, 5.74) is 5.28. The van der Waals surface area contributed by atoms with Crippen LogP contribution in [0.2, 0.25) is 0 Å². The summed E-state index contributed by atoms with van der Waals surface area (Å²) in [5.74, 6) is -0.147. The van der Waals surface area contributed by atoms with Crippen LogP contribution in [0.4, 0.5) is 5.69 Å². The first-order valence-electron chi connectivity index (χ1n) is 10.6. The Labute approximate surface area is 184 Å². The monoisotopic (exact) mass is 422 g/mol. The first-order valence-corrected chi connectivity index (χ1v) is 10.6. The standard InChI is InChI=1S/C26H22N4O2/c1-3-22(26(32)27-18-14-12-17(13-15-18)16(2)31)30-23-11-7-4-8-19(23)24-25(30)29-21-10-6-5-9-20(21)28-24/h4-15,22H,3H2,1-2H3,(H,27,32). The van der Waals surface area contributed by atoms with Crippen LogP contribution in [-0.4, -0.2) is 26.2 Å². The zero-order valence-corrected chi connectivity index (χ0v) is 17.9. The van der Waals surface area contributed by atoms with Gasteiger partial charge in [0.05, 0.1) is 16.6 Å². The van der Waals surface area contributed by atoms with Crippen LogP contribution < -0.4 is 5.32 Å². The fraction of sp³-hybridized carbons (Fsp3) is 0.154. The van der Waals surface area contributed by atoms with E-state index < -0.39 is 6.04 Å². The number of Topliss-reactive ketones (excluding diaryl/α,β-unsaturated/α-hetero) is 1. The fourth-order valence-electron chi connectivity index (χ4n) is 4.15. The Bertz CT molecular complexity index is 1490. The molecule has 0 saturated carbocycles. The first kappa shape index (κ1) is 19.9. The normalized spacial score (nSPS) is 12.3. The smallest absolute Gasteiger partial charge is 0.247 e. The molecular weight excluding hydrogens is 400 g/mol. The minimum Gasteiger partial charge on any atom is -0.324 e. The van der Waals surface area contributed by atoms with E-state index in [4.69, 9.17) is 9.97 Å². The maximum atomic E-state index is 13.4. The van der Waals surface area contributed by atoms with Crippen molar-refractivity contribution in [1.29, 1.82) is 0 Å². The lowest BCUT2D eigenvalue weighted by Gasteiger charge is -2.19. The third-order valence-corrected chi connectivity index (χ3v) is 5.76. The molecule has 1 N–H and O–H groups in total. The Hall–Kier alpha value is -4.06. The Balaban J connectivity index is 1.62. The highest BCUT2D eigenvalue weighted by atomic mass is 16.2. The number of ketones is 1. The largest absolute Gasteiger partial charge is 0.324 e. The van der Waals surface area contributed by atoms with E-state index >= 15 is 0 Å².